The van der Waals surface area contributed by atoms with E-state index in [1.54, 1.807) is 0 Å². The van der Waals surface area contributed by atoms with Crippen LogP contribution in [-0.2, 0) is 10.8 Å². The van der Waals surface area contributed by atoms with E-state index < -0.39 is 0 Å². The van der Waals surface area contributed by atoms with Gasteiger partial charge >= 0.3 is 0 Å². The zero-order valence-corrected chi connectivity index (χ0v) is 24.8. The van der Waals surface area contributed by atoms with Gasteiger partial charge in [-0.3, -0.25) is 0 Å². The summed E-state index contributed by atoms with van der Waals surface area (Å²) < 4.78 is 2.37. The lowest BCUT2D eigenvalue weighted by atomic mass is 9.77. The topological polar surface area (TPSA) is 6.25 Å². The van der Waals surface area contributed by atoms with Gasteiger partial charge in [-0.05, 0) is 81.4 Å². The van der Waals surface area contributed by atoms with Crippen molar-refractivity contribution >= 4 is 22.7 Å². The first kappa shape index (κ1) is 26.4. The lowest BCUT2D eigenvalue weighted by Gasteiger charge is -2.26. The van der Waals surface area contributed by atoms with Gasteiger partial charge in [0.2, 0.25) is 5.69 Å². The van der Waals surface area contributed by atoms with Crippen molar-refractivity contribution in [1.82, 2.24) is 0 Å². The van der Waals surface area contributed by atoms with Crippen LogP contribution in [0.3, 0.4) is 0 Å². The summed E-state index contributed by atoms with van der Waals surface area (Å²) in [5, 5.41) is 0. The van der Waals surface area contributed by atoms with Gasteiger partial charge in [-0.15, -0.1) is 5.73 Å². The van der Waals surface area contributed by atoms with E-state index in [-0.39, 0.29) is 10.8 Å². The van der Waals surface area contributed by atoms with E-state index in [9.17, 15) is 0 Å². The van der Waals surface area contributed by atoms with Gasteiger partial charge in [0.05, 0.1) is 11.1 Å². The molecule has 0 aromatic heterocycles. The van der Waals surface area contributed by atoms with Crippen molar-refractivity contribution < 1.29 is 4.58 Å². The summed E-state index contributed by atoms with van der Waals surface area (Å²) in [6.45, 7) is 9.34. The minimum atomic E-state index is -0.0693. The molecule has 202 valence electrons. The Labute approximate surface area is 240 Å². The molecule has 0 radical (unpaired) electrons. The average Bonchev–Trinajstić information content (AvgIpc) is 3.28. The summed E-state index contributed by atoms with van der Waals surface area (Å²) in [5.41, 5.74) is 15.9. The number of anilines is 1. The van der Waals surface area contributed by atoms with Crippen LogP contribution in [0.15, 0.2) is 114 Å². The molecule has 3 aromatic carbocycles. The highest BCUT2D eigenvalue weighted by Crippen LogP contribution is 2.47. The molecular formula is C38H41N2+. The quantitative estimate of drug-likeness (QED) is 0.243. The van der Waals surface area contributed by atoms with E-state index in [2.05, 4.69) is 154 Å². The van der Waals surface area contributed by atoms with Crippen molar-refractivity contribution in [2.24, 2.45) is 5.92 Å². The van der Waals surface area contributed by atoms with Gasteiger partial charge in [0.15, 0.2) is 5.71 Å². The Morgan fingerprint density at radius 1 is 0.825 bits per heavy atom. The first-order valence-corrected chi connectivity index (χ1v) is 14.7. The molecule has 1 aliphatic carbocycles. The molecule has 3 aromatic rings. The van der Waals surface area contributed by atoms with Crippen LogP contribution in [-0.4, -0.2) is 24.4 Å². The summed E-state index contributed by atoms with van der Waals surface area (Å²) in [6.07, 6.45) is 10.6. The van der Waals surface area contributed by atoms with Crippen LogP contribution in [0.1, 0.15) is 63.6 Å². The van der Waals surface area contributed by atoms with Crippen LogP contribution in [0.5, 0.6) is 0 Å². The van der Waals surface area contributed by atoms with Gasteiger partial charge in [0.25, 0.3) is 0 Å². The molecule has 40 heavy (non-hydrogen) atoms. The highest BCUT2D eigenvalue weighted by Gasteiger charge is 2.42. The summed E-state index contributed by atoms with van der Waals surface area (Å²) >= 11 is 0. The van der Waals surface area contributed by atoms with E-state index in [1.807, 2.05) is 0 Å². The van der Waals surface area contributed by atoms with E-state index >= 15 is 0 Å². The first-order chi connectivity index (χ1) is 19.2. The molecule has 0 saturated carbocycles. The van der Waals surface area contributed by atoms with Crippen LogP contribution in [0.25, 0.3) is 5.57 Å². The molecule has 2 heteroatoms. The summed E-state index contributed by atoms with van der Waals surface area (Å²) in [7, 11) is 4.39. The van der Waals surface area contributed by atoms with Crippen LogP contribution >= 0.6 is 0 Å². The highest BCUT2D eigenvalue weighted by molar-refractivity contribution is 6.03. The molecule has 6 rings (SSSR count). The lowest BCUT2D eigenvalue weighted by Crippen LogP contribution is -2.26. The second kappa shape index (κ2) is 9.95. The largest absolute Gasteiger partial charge is 0.341 e. The summed E-state index contributed by atoms with van der Waals surface area (Å²) in [6, 6.07) is 28.6. The van der Waals surface area contributed by atoms with Crippen LogP contribution in [0.2, 0.25) is 0 Å². The van der Waals surface area contributed by atoms with Crippen molar-refractivity contribution in [1.29, 1.82) is 0 Å². The number of para-hydroxylation sites is 2. The smallest absolute Gasteiger partial charge is 0.209 e. The number of fused-ring (bicyclic) bond motifs is 2. The predicted octanol–water partition coefficient (Wildman–Crippen LogP) is 8.97. The van der Waals surface area contributed by atoms with Gasteiger partial charge < -0.3 is 4.90 Å². The number of allylic oxidation sites excluding steroid dienone is 5. The van der Waals surface area contributed by atoms with E-state index in [0.29, 0.717) is 5.92 Å². The lowest BCUT2D eigenvalue weighted by molar-refractivity contribution is -0.401. The summed E-state index contributed by atoms with van der Waals surface area (Å²) in [4.78, 5) is 2.33. The van der Waals surface area contributed by atoms with Crippen molar-refractivity contribution in [3.63, 3.8) is 0 Å². The zero-order valence-electron chi connectivity index (χ0n) is 24.8. The molecule has 0 spiro atoms. The van der Waals surface area contributed by atoms with Crippen molar-refractivity contribution in [2.75, 3.05) is 19.0 Å². The molecule has 1 atom stereocenters. The third kappa shape index (κ3) is 4.23. The van der Waals surface area contributed by atoms with Crippen molar-refractivity contribution in [3.05, 3.63) is 131 Å². The van der Waals surface area contributed by atoms with Crippen molar-refractivity contribution in [3.8, 4) is 0 Å². The number of benzene rings is 3. The Morgan fingerprint density at radius 3 is 2.23 bits per heavy atom. The minimum absolute atomic E-state index is 0.0264. The maximum absolute atomic E-state index is 3.83. The Morgan fingerprint density at radius 2 is 1.50 bits per heavy atom. The first-order valence-electron chi connectivity index (χ1n) is 14.7. The average molecular weight is 526 g/mol. The van der Waals surface area contributed by atoms with E-state index in [4.69, 9.17) is 0 Å². The fourth-order valence-corrected chi connectivity index (χ4v) is 7.29. The summed E-state index contributed by atoms with van der Waals surface area (Å²) in [5.74, 6) is 0.327. The third-order valence-electron chi connectivity index (χ3n) is 9.43. The minimum Gasteiger partial charge on any atom is -0.341 e. The van der Waals surface area contributed by atoms with Gasteiger partial charge in [-0.2, -0.15) is 4.58 Å². The molecular weight excluding hydrogens is 484 g/mol. The van der Waals surface area contributed by atoms with E-state index in [1.165, 1.54) is 57.0 Å². The van der Waals surface area contributed by atoms with Gasteiger partial charge in [-0.25, -0.2) is 0 Å². The van der Waals surface area contributed by atoms with Crippen LogP contribution in [0, 0.1) is 5.92 Å². The molecule has 0 saturated heterocycles. The molecule has 2 nitrogen and oxygen atoms in total. The normalized spacial score (nSPS) is 21.1. The Bertz CT molecular complexity index is 1620. The molecule has 0 fully saturated rings. The molecule has 0 amide bonds. The Kier molecular flexibility index (Phi) is 6.56. The number of hydrogen-bond acceptors (Lipinski definition) is 1. The maximum Gasteiger partial charge on any atom is 0.209 e. The highest BCUT2D eigenvalue weighted by atomic mass is 15.2. The molecule has 2 aliphatic heterocycles. The molecule has 0 bridgehead atoms. The number of rotatable bonds is 4. The van der Waals surface area contributed by atoms with Gasteiger partial charge in [-0.1, -0.05) is 72.8 Å². The third-order valence-corrected chi connectivity index (χ3v) is 9.43. The number of likely N-dealkylation sites (N-methyl/N-ethyl adjacent to an activating group) is 1. The molecule has 1 unspecified atom stereocenters. The SMILES string of the molecule is CN1C(=C=CC2CCCC(/C=C/C3=[N+](C)c4ccccc4C3(C)C)=C2c2ccccc2)C(C)(C)c2ccccc21. The Balaban J connectivity index is 1.43. The van der Waals surface area contributed by atoms with Gasteiger partial charge in [0.1, 0.15) is 7.05 Å². The predicted molar refractivity (Wildman–Crippen MR) is 170 cm³/mol. The van der Waals surface area contributed by atoms with E-state index in [0.717, 1.165) is 12.8 Å². The second-order valence-electron chi connectivity index (χ2n) is 12.6. The zero-order chi connectivity index (χ0) is 28.1. The standard InChI is InChI=1S/C38H41N2/c1-37(2)30-19-10-12-21-32(30)39(5)34(37)25-23-28-17-14-18-29(36(28)27-15-8-7-9-16-27)24-26-35-38(3,4)31-20-11-13-22-33(31)40(35)6/h7-13,15-16,19-25,29H,14,17-18H2,1-6H3/q+1/b25-23+. The van der Waals surface area contributed by atoms with Crippen LogP contribution < -0.4 is 4.90 Å². The fourth-order valence-electron chi connectivity index (χ4n) is 7.29. The Hall–Kier alpha value is -3.87. The van der Waals surface area contributed by atoms with Gasteiger partial charge in [0, 0.05) is 41.8 Å². The number of hydrogen-bond donors (Lipinski definition) is 0. The molecule has 0 N–H and O–H groups in total. The molecule has 2 heterocycles. The monoisotopic (exact) mass is 525 g/mol. The maximum atomic E-state index is 3.83. The second-order valence-corrected chi connectivity index (χ2v) is 12.6. The fraction of sp³-hybridized carbons (Fsp3) is 0.316. The number of nitrogens with zero attached hydrogens (tertiary/aromatic N) is 2. The molecule has 3 aliphatic rings. The van der Waals surface area contributed by atoms with Crippen LogP contribution in [0.4, 0.5) is 11.4 Å². The van der Waals surface area contributed by atoms with Crippen molar-refractivity contribution in [2.45, 2.75) is 57.8 Å².